The zero-order valence-electron chi connectivity index (χ0n) is 38.8. The number of esters is 3. The van der Waals surface area contributed by atoms with Crippen molar-refractivity contribution in [2.75, 3.05) is 13.2 Å². The third kappa shape index (κ3) is 46.0. The van der Waals surface area contributed by atoms with Gasteiger partial charge in [-0.2, -0.15) is 0 Å². The minimum atomic E-state index is -0.792. The van der Waals surface area contributed by atoms with E-state index in [0.717, 1.165) is 96.3 Å². The maximum atomic E-state index is 12.8. The van der Waals surface area contributed by atoms with E-state index in [0.29, 0.717) is 19.3 Å². The monoisotopic (exact) mass is 825 g/mol. The molecule has 0 amide bonds. The number of hydrogen-bond donors (Lipinski definition) is 0. The van der Waals surface area contributed by atoms with Crippen LogP contribution in [-0.4, -0.2) is 37.2 Å². The number of allylic oxidation sites excluding steroid dienone is 10. The van der Waals surface area contributed by atoms with E-state index in [9.17, 15) is 14.4 Å². The molecule has 0 N–H and O–H groups in total. The summed E-state index contributed by atoms with van der Waals surface area (Å²) in [7, 11) is 0. The predicted octanol–water partition coefficient (Wildman–Crippen LogP) is 16.1. The van der Waals surface area contributed by atoms with Crippen LogP contribution in [0, 0.1) is 0 Å². The van der Waals surface area contributed by atoms with E-state index in [-0.39, 0.29) is 31.1 Å². The van der Waals surface area contributed by atoms with Gasteiger partial charge in [-0.25, -0.2) is 0 Å². The highest BCUT2D eigenvalue weighted by Crippen LogP contribution is 2.14. The number of carbonyl (C=O) groups is 3. The predicted molar refractivity (Wildman–Crippen MR) is 251 cm³/mol. The Labute approximate surface area is 364 Å². The van der Waals surface area contributed by atoms with Crippen LogP contribution in [0.15, 0.2) is 60.8 Å². The van der Waals surface area contributed by atoms with Crippen molar-refractivity contribution < 1.29 is 28.6 Å². The summed E-state index contributed by atoms with van der Waals surface area (Å²) < 4.78 is 16.7. The highest BCUT2D eigenvalue weighted by Gasteiger charge is 2.19. The number of carbonyl (C=O) groups excluding carboxylic acids is 3. The fraction of sp³-hybridized carbons (Fsp3) is 0.755. The third-order valence-electron chi connectivity index (χ3n) is 10.5. The molecule has 0 spiro atoms. The smallest absolute Gasteiger partial charge is 0.306 e. The molecule has 0 unspecified atom stereocenters. The molecule has 1 atom stereocenters. The van der Waals surface area contributed by atoms with Gasteiger partial charge in [0.1, 0.15) is 13.2 Å². The molecule has 0 aliphatic carbocycles. The molecule has 0 saturated heterocycles. The van der Waals surface area contributed by atoms with Gasteiger partial charge >= 0.3 is 17.9 Å². The van der Waals surface area contributed by atoms with Crippen LogP contribution in [0.4, 0.5) is 0 Å². The molecule has 0 radical (unpaired) electrons. The van der Waals surface area contributed by atoms with Gasteiger partial charge in [0.2, 0.25) is 0 Å². The maximum Gasteiger partial charge on any atom is 0.306 e. The van der Waals surface area contributed by atoms with Gasteiger partial charge in [-0.05, 0) is 83.5 Å². The summed E-state index contributed by atoms with van der Waals surface area (Å²) in [4.78, 5) is 37.9. The largest absolute Gasteiger partial charge is 0.462 e. The molecule has 0 rings (SSSR count). The second kappa shape index (κ2) is 47.8. The van der Waals surface area contributed by atoms with Crippen LogP contribution in [0.2, 0.25) is 0 Å². The van der Waals surface area contributed by atoms with Crippen molar-refractivity contribution in [1.29, 1.82) is 0 Å². The molecule has 0 aromatic heterocycles. The molecule has 0 aromatic carbocycles. The second-order valence-corrected chi connectivity index (χ2v) is 16.3. The molecular weight excluding hydrogens is 733 g/mol. The summed E-state index contributed by atoms with van der Waals surface area (Å²) >= 11 is 0. The van der Waals surface area contributed by atoms with E-state index >= 15 is 0 Å². The first-order chi connectivity index (χ1) is 29.0. The van der Waals surface area contributed by atoms with Gasteiger partial charge in [0.25, 0.3) is 0 Å². The standard InChI is InChI=1S/C53H92O6/c1-4-7-10-13-16-19-22-25-27-29-31-34-37-40-43-46-52(55)58-49-50(48-57-51(54)45-42-39-36-33-30-24-21-18-15-12-9-6-3)59-53(56)47-44-41-38-35-32-28-26-23-20-17-14-11-8-5-2/h7,10,16,19,23,25-27,31,34,50H,4-6,8-9,11-15,17-18,20-22,24,28-30,32-33,35-49H2,1-3H3/b10-7-,19-16-,26-23-,27-25-,34-31-/t50-/m1/s1. The lowest BCUT2D eigenvalue weighted by molar-refractivity contribution is -0.167. The lowest BCUT2D eigenvalue weighted by Gasteiger charge is -2.18. The molecule has 0 saturated carbocycles. The molecule has 0 bridgehead atoms. The van der Waals surface area contributed by atoms with E-state index < -0.39 is 6.10 Å². The van der Waals surface area contributed by atoms with Gasteiger partial charge in [0, 0.05) is 19.3 Å². The van der Waals surface area contributed by atoms with Crippen molar-refractivity contribution in [1.82, 2.24) is 0 Å². The summed E-state index contributed by atoms with van der Waals surface area (Å²) in [6.07, 6.45) is 57.7. The lowest BCUT2D eigenvalue weighted by Crippen LogP contribution is -2.30. The Morgan fingerprint density at radius 2 is 0.661 bits per heavy atom. The quantitative estimate of drug-likeness (QED) is 0.0263. The first-order valence-electron chi connectivity index (χ1n) is 24.8. The maximum absolute atomic E-state index is 12.8. The molecule has 6 heteroatoms. The van der Waals surface area contributed by atoms with Gasteiger partial charge in [-0.1, -0.05) is 197 Å². The van der Waals surface area contributed by atoms with Crippen molar-refractivity contribution in [3.63, 3.8) is 0 Å². The van der Waals surface area contributed by atoms with Gasteiger partial charge in [-0.3, -0.25) is 14.4 Å². The van der Waals surface area contributed by atoms with Gasteiger partial charge in [-0.15, -0.1) is 0 Å². The molecule has 0 heterocycles. The summed E-state index contributed by atoms with van der Waals surface area (Å²) in [5.74, 6) is -0.939. The van der Waals surface area contributed by atoms with Crippen LogP contribution in [0.5, 0.6) is 0 Å². The van der Waals surface area contributed by atoms with Crippen molar-refractivity contribution in [3.8, 4) is 0 Å². The van der Waals surface area contributed by atoms with Crippen molar-refractivity contribution >= 4 is 17.9 Å². The summed E-state index contributed by atoms with van der Waals surface area (Å²) in [6, 6.07) is 0. The summed E-state index contributed by atoms with van der Waals surface area (Å²) in [5.41, 5.74) is 0. The van der Waals surface area contributed by atoms with Crippen LogP contribution in [0.1, 0.15) is 239 Å². The number of rotatable bonds is 44. The fourth-order valence-electron chi connectivity index (χ4n) is 6.78. The van der Waals surface area contributed by atoms with Crippen LogP contribution < -0.4 is 0 Å². The highest BCUT2D eigenvalue weighted by atomic mass is 16.6. The molecule has 340 valence electrons. The normalized spacial score (nSPS) is 12.5. The first kappa shape index (κ1) is 56.1. The summed E-state index contributed by atoms with van der Waals surface area (Å²) in [6.45, 7) is 6.47. The minimum Gasteiger partial charge on any atom is -0.462 e. The van der Waals surface area contributed by atoms with Crippen LogP contribution in [0.3, 0.4) is 0 Å². The highest BCUT2D eigenvalue weighted by molar-refractivity contribution is 5.71. The fourth-order valence-corrected chi connectivity index (χ4v) is 6.78. The molecule has 0 aliphatic heterocycles. The van der Waals surface area contributed by atoms with Crippen LogP contribution in [0.25, 0.3) is 0 Å². The lowest BCUT2D eigenvalue weighted by atomic mass is 10.0. The van der Waals surface area contributed by atoms with Crippen molar-refractivity contribution in [3.05, 3.63) is 60.8 Å². The Morgan fingerprint density at radius 3 is 1.08 bits per heavy atom. The molecule has 0 aromatic rings. The Kier molecular flexibility index (Phi) is 45.4. The molecule has 59 heavy (non-hydrogen) atoms. The Hall–Kier alpha value is -2.89. The van der Waals surface area contributed by atoms with Crippen LogP contribution in [-0.2, 0) is 28.6 Å². The number of unbranched alkanes of at least 4 members (excludes halogenated alkanes) is 23. The SMILES string of the molecule is CC/C=C\C/C=C\C/C=C\C/C=C\CCCCC(=O)OC[C@@H](COC(=O)CCCCCCCCCCCCCC)OC(=O)CCCCCCC/C=C\CCCCCCC. The third-order valence-corrected chi connectivity index (χ3v) is 10.5. The van der Waals surface area contributed by atoms with Crippen LogP contribution >= 0.6 is 0 Å². The Morgan fingerprint density at radius 1 is 0.356 bits per heavy atom. The van der Waals surface area contributed by atoms with Gasteiger partial charge in [0.15, 0.2) is 6.10 Å². The summed E-state index contributed by atoms with van der Waals surface area (Å²) in [5, 5.41) is 0. The van der Waals surface area contributed by atoms with Gasteiger partial charge in [0.05, 0.1) is 0 Å². The van der Waals surface area contributed by atoms with E-state index in [2.05, 4.69) is 81.5 Å². The zero-order valence-corrected chi connectivity index (χ0v) is 38.8. The minimum absolute atomic E-state index is 0.0891. The van der Waals surface area contributed by atoms with E-state index in [1.165, 1.54) is 103 Å². The average Bonchev–Trinajstić information content (AvgIpc) is 3.23. The molecule has 6 nitrogen and oxygen atoms in total. The average molecular weight is 825 g/mol. The molecule has 0 fully saturated rings. The first-order valence-corrected chi connectivity index (χ1v) is 24.8. The van der Waals surface area contributed by atoms with Gasteiger partial charge < -0.3 is 14.2 Å². The zero-order chi connectivity index (χ0) is 43.0. The number of hydrogen-bond acceptors (Lipinski definition) is 6. The van der Waals surface area contributed by atoms with Crippen molar-refractivity contribution in [2.24, 2.45) is 0 Å². The Bertz CT molecular complexity index is 1090. The Balaban J connectivity index is 4.45. The van der Waals surface area contributed by atoms with Crippen molar-refractivity contribution in [2.45, 2.75) is 245 Å². The second-order valence-electron chi connectivity index (χ2n) is 16.3. The van der Waals surface area contributed by atoms with E-state index in [1.807, 2.05) is 0 Å². The van der Waals surface area contributed by atoms with E-state index in [4.69, 9.17) is 14.2 Å². The topological polar surface area (TPSA) is 78.9 Å². The molecular formula is C53H92O6. The molecule has 0 aliphatic rings. The van der Waals surface area contributed by atoms with E-state index in [1.54, 1.807) is 0 Å². The number of ether oxygens (including phenoxy) is 3.